The van der Waals surface area contributed by atoms with Crippen LogP contribution in [0.1, 0.15) is 25.0 Å². The molecule has 2 heteroatoms. The second-order valence-corrected chi connectivity index (χ2v) is 12.9. The quantitative estimate of drug-likeness (QED) is 0.203. The molecule has 218 valence electrons. The Balaban J connectivity index is 1.31. The minimum atomic E-state index is -0.160. The molecule has 46 heavy (non-hydrogen) atoms. The first-order chi connectivity index (χ1) is 22.6. The van der Waals surface area contributed by atoms with Crippen LogP contribution in [-0.4, -0.2) is 4.98 Å². The fraction of sp³-hybridized carbons (Fsp3) is 0.0682. The molecule has 0 radical (unpaired) electrons. The number of para-hydroxylation sites is 1. The number of pyridine rings is 1. The van der Waals surface area contributed by atoms with E-state index in [1.54, 1.807) is 0 Å². The van der Waals surface area contributed by atoms with Gasteiger partial charge in [0.05, 0.1) is 5.69 Å². The van der Waals surface area contributed by atoms with E-state index in [0.29, 0.717) is 0 Å². The van der Waals surface area contributed by atoms with Gasteiger partial charge >= 0.3 is 0 Å². The van der Waals surface area contributed by atoms with Crippen molar-refractivity contribution in [1.29, 1.82) is 0 Å². The van der Waals surface area contributed by atoms with Gasteiger partial charge in [-0.05, 0) is 91.8 Å². The zero-order valence-corrected chi connectivity index (χ0v) is 25.9. The van der Waals surface area contributed by atoms with E-state index in [2.05, 4.69) is 169 Å². The lowest BCUT2D eigenvalue weighted by Crippen LogP contribution is -2.17. The number of benzene rings is 7. The molecule has 0 unspecified atom stereocenters. The molecule has 0 atom stereocenters. The van der Waals surface area contributed by atoms with Crippen molar-refractivity contribution in [2.75, 3.05) is 4.90 Å². The maximum atomic E-state index is 4.60. The van der Waals surface area contributed by atoms with E-state index in [4.69, 9.17) is 0 Å². The Kier molecular flexibility index (Phi) is 5.88. The van der Waals surface area contributed by atoms with Gasteiger partial charge in [0.15, 0.2) is 0 Å². The van der Waals surface area contributed by atoms with E-state index in [-0.39, 0.29) is 5.41 Å². The monoisotopic (exact) mass is 588 g/mol. The summed E-state index contributed by atoms with van der Waals surface area (Å²) in [4.78, 5) is 7.03. The lowest BCUT2D eigenvalue weighted by atomic mass is 9.81. The van der Waals surface area contributed by atoms with Gasteiger partial charge in [0.2, 0.25) is 0 Å². The van der Waals surface area contributed by atoms with E-state index in [0.717, 1.165) is 27.9 Å². The lowest BCUT2D eigenvalue weighted by molar-refractivity contribution is 0.661. The van der Waals surface area contributed by atoms with Crippen molar-refractivity contribution >= 4 is 49.4 Å². The number of fused-ring (bicyclic) bond motifs is 7. The molecular formula is C44H32N2. The molecule has 1 aliphatic rings. The normalized spacial score (nSPS) is 13.2. The Hall–Kier alpha value is -5.73. The molecule has 2 nitrogen and oxygen atoms in total. The smallest absolute Gasteiger partial charge is 0.0543 e. The molecule has 0 saturated heterocycles. The molecule has 0 amide bonds. The van der Waals surface area contributed by atoms with Crippen LogP contribution in [0.2, 0.25) is 0 Å². The Morgan fingerprint density at radius 2 is 1.13 bits per heavy atom. The van der Waals surface area contributed by atoms with E-state index in [1.165, 1.54) is 54.9 Å². The molecule has 0 N–H and O–H groups in total. The van der Waals surface area contributed by atoms with Crippen LogP contribution in [0.3, 0.4) is 0 Å². The number of rotatable bonds is 4. The lowest BCUT2D eigenvalue weighted by Gasteiger charge is -2.30. The predicted molar refractivity (Wildman–Crippen MR) is 194 cm³/mol. The van der Waals surface area contributed by atoms with Crippen molar-refractivity contribution in [1.82, 2.24) is 4.98 Å². The van der Waals surface area contributed by atoms with Crippen molar-refractivity contribution in [2.45, 2.75) is 19.3 Å². The topological polar surface area (TPSA) is 16.1 Å². The van der Waals surface area contributed by atoms with Gasteiger partial charge in [-0.3, -0.25) is 4.98 Å². The second-order valence-electron chi connectivity index (χ2n) is 12.9. The summed E-state index contributed by atoms with van der Waals surface area (Å²) >= 11 is 0. The van der Waals surface area contributed by atoms with Crippen LogP contribution in [0.5, 0.6) is 0 Å². The summed E-state index contributed by atoms with van der Waals surface area (Å²) in [5.74, 6) is 0. The molecule has 1 aromatic heterocycles. The van der Waals surface area contributed by atoms with Crippen LogP contribution >= 0.6 is 0 Å². The van der Waals surface area contributed by atoms with Crippen LogP contribution in [-0.2, 0) is 5.41 Å². The predicted octanol–water partition coefficient (Wildman–Crippen LogP) is 12.0. The van der Waals surface area contributed by atoms with Gasteiger partial charge in [0, 0.05) is 45.5 Å². The maximum Gasteiger partial charge on any atom is 0.0543 e. The third kappa shape index (κ3) is 4.00. The van der Waals surface area contributed by atoms with Crippen molar-refractivity contribution in [2.24, 2.45) is 0 Å². The summed E-state index contributed by atoms with van der Waals surface area (Å²) in [6.45, 7) is 4.76. The highest BCUT2D eigenvalue weighted by atomic mass is 15.1. The van der Waals surface area contributed by atoms with Gasteiger partial charge in [-0.15, -0.1) is 0 Å². The van der Waals surface area contributed by atoms with Crippen LogP contribution < -0.4 is 4.90 Å². The zero-order chi connectivity index (χ0) is 30.8. The average molecular weight is 589 g/mol. The summed E-state index contributed by atoms with van der Waals surface area (Å²) in [5.41, 5.74) is 11.0. The maximum absolute atomic E-state index is 4.60. The number of aromatic nitrogens is 1. The standard InChI is InChI=1S/C44H32N2/c1-44(2)40-25-30-14-7-6-13-29(30)24-38(40)43-37-22-11-10-21-36(37)42(26-41(43)44)46(33-17-4-3-5-18-33)34-19-12-16-31(23-34)39-28-45-27-32-15-8-9-20-35(32)39/h3-28H,1-2H3. The van der Waals surface area contributed by atoms with Gasteiger partial charge in [-0.1, -0.05) is 117 Å². The molecule has 0 fully saturated rings. The number of hydrogen-bond acceptors (Lipinski definition) is 2. The highest BCUT2D eigenvalue weighted by Crippen LogP contribution is 2.55. The SMILES string of the molecule is CC1(C)c2cc3ccccc3cc2-c2c1cc(N(c1ccccc1)c1cccc(-c3cncc4ccccc34)c1)c1ccccc21. The number of nitrogens with zero attached hydrogens (tertiary/aromatic N) is 2. The van der Waals surface area contributed by atoms with E-state index >= 15 is 0 Å². The van der Waals surface area contributed by atoms with Gasteiger partial charge in [0.1, 0.15) is 0 Å². The Labute approximate surface area is 269 Å². The molecular weight excluding hydrogens is 556 g/mol. The molecule has 9 rings (SSSR count). The largest absolute Gasteiger partial charge is 0.310 e. The van der Waals surface area contributed by atoms with Crippen molar-refractivity contribution in [3.63, 3.8) is 0 Å². The minimum Gasteiger partial charge on any atom is -0.310 e. The van der Waals surface area contributed by atoms with Crippen molar-refractivity contribution in [3.05, 3.63) is 169 Å². The molecule has 1 heterocycles. The molecule has 7 aromatic carbocycles. The first kappa shape index (κ1) is 26.7. The van der Waals surface area contributed by atoms with E-state index in [9.17, 15) is 0 Å². The fourth-order valence-electron chi connectivity index (χ4n) is 7.60. The van der Waals surface area contributed by atoms with Gasteiger partial charge in [-0.25, -0.2) is 0 Å². The highest BCUT2D eigenvalue weighted by Gasteiger charge is 2.38. The van der Waals surface area contributed by atoms with Crippen LogP contribution in [0.25, 0.3) is 54.6 Å². The summed E-state index contributed by atoms with van der Waals surface area (Å²) in [5, 5.41) is 7.44. The highest BCUT2D eigenvalue weighted by molar-refractivity contribution is 6.11. The van der Waals surface area contributed by atoms with E-state index < -0.39 is 0 Å². The van der Waals surface area contributed by atoms with Crippen molar-refractivity contribution < 1.29 is 0 Å². The zero-order valence-electron chi connectivity index (χ0n) is 25.9. The Bertz CT molecular complexity index is 2450. The fourth-order valence-corrected chi connectivity index (χ4v) is 7.60. The van der Waals surface area contributed by atoms with Gasteiger partial charge in [-0.2, -0.15) is 0 Å². The summed E-state index contributed by atoms with van der Waals surface area (Å²) in [7, 11) is 0. The first-order valence-electron chi connectivity index (χ1n) is 16.0. The molecule has 8 aromatic rings. The average Bonchev–Trinajstić information content (AvgIpc) is 3.33. The van der Waals surface area contributed by atoms with Crippen LogP contribution in [0.15, 0.2) is 158 Å². The number of hydrogen-bond donors (Lipinski definition) is 0. The van der Waals surface area contributed by atoms with Gasteiger partial charge < -0.3 is 4.90 Å². The third-order valence-corrected chi connectivity index (χ3v) is 9.86. The van der Waals surface area contributed by atoms with E-state index in [1.807, 2.05) is 12.4 Å². The third-order valence-electron chi connectivity index (χ3n) is 9.86. The molecule has 0 spiro atoms. The molecule has 1 aliphatic carbocycles. The Morgan fingerprint density at radius 1 is 0.478 bits per heavy atom. The van der Waals surface area contributed by atoms with Crippen LogP contribution in [0, 0.1) is 0 Å². The summed E-state index contributed by atoms with van der Waals surface area (Å²) in [6.07, 6.45) is 3.93. The number of anilines is 3. The molecule has 0 bridgehead atoms. The van der Waals surface area contributed by atoms with Crippen LogP contribution in [0.4, 0.5) is 17.1 Å². The van der Waals surface area contributed by atoms with Gasteiger partial charge in [0.25, 0.3) is 0 Å². The molecule has 0 saturated carbocycles. The first-order valence-corrected chi connectivity index (χ1v) is 16.0. The molecule has 0 aliphatic heterocycles. The summed E-state index contributed by atoms with van der Waals surface area (Å²) in [6, 6.07) is 53.1. The second kappa shape index (κ2) is 10.2. The minimum absolute atomic E-state index is 0.160. The Morgan fingerprint density at radius 3 is 1.93 bits per heavy atom. The van der Waals surface area contributed by atoms with Crippen molar-refractivity contribution in [3.8, 4) is 22.3 Å². The summed E-state index contributed by atoms with van der Waals surface area (Å²) < 4.78 is 0.